The van der Waals surface area contributed by atoms with Crippen LogP contribution in [-0.2, 0) is 0 Å². The third kappa shape index (κ3) is 6.83. The zero-order chi connectivity index (χ0) is 22.8. The topological polar surface area (TPSA) is 119 Å². The summed E-state index contributed by atoms with van der Waals surface area (Å²) >= 11 is 3.60. The second-order valence-corrected chi connectivity index (χ2v) is 8.07. The predicted molar refractivity (Wildman–Crippen MR) is 117 cm³/mol. The highest BCUT2D eigenvalue weighted by atomic mass is 32.1. The molecule has 1 saturated carbocycles. The Hall–Kier alpha value is -0.955. The van der Waals surface area contributed by atoms with Crippen molar-refractivity contribution in [3.8, 4) is 5.88 Å². The number of hydrogen-bond acceptors (Lipinski definition) is 8. The Balaban J connectivity index is 0.00000103. The number of hydrogen-bond donors (Lipinski definition) is 3. The van der Waals surface area contributed by atoms with Gasteiger partial charge in [0.1, 0.15) is 17.6 Å². The molecule has 1 aliphatic rings. The monoisotopic (exact) mass is 434 g/mol. The molecule has 1 fully saturated rings. The molecule has 1 aromatic rings. The van der Waals surface area contributed by atoms with Gasteiger partial charge in [-0.15, -0.1) is 0 Å². The van der Waals surface area contributed by atoms with Crippen LogP contribution in [0.15, 0.2) is 0 Å². The van der Waals surface area contributed by atoms with Crippen molar-refractivity contribution in [1.29, 1.82) is 2.77 Å². The van der Waals surface area contributed by atoms with Gasteiger partial charge < -0.3 is 15.0 Å². The highest BCUT2D eigenvalue weighted by Gasteiger charge is 2.44. The van der Waals surface area contributed by atoms with Crippen LogP contribution in [0.3, 0.4) is 0 Å². The average molecular weight is 434 g/mol. The third-order valence-electron chi connectivity index (χ3n) is 4.84. The minimum atomic E-state index is -0.729. The second-order valence-electron chi connectivity index (χ2n) is 6.88. The number of thiol groups is 1. The van der Waals surface area contributed by atoms with E-state index in [0.29, 0.717) is 18.9 Å². The summed E-state index contributed by atoms with van der Waals surface area (Å²) in [5.74, 6) is 0.453. The van der Waals surface area contributed by atoms with E-state index >= 15 is 0 Å². The first-order valence-corrected chi connectivity index (χ1v) is 10.6. The molecule has 0 bridgehead atoms. The Kier molecular flexibility index (Phi) is 9.77. The van der Waals surface area contributed by atoms with Gasteiger partial charge >= 0.3 is 5.69 Å². The van der Waals surface area contributed by atoms with Crippen molar-refractivity contribution in [1.82, 2.24) is 9.97 Å². The molecule has 1 heterocycles. The van der Waals surface area contributed by atoms with E-state index in [1.807, 2.05) is 0 Å². The average Bonchev–Trinajstić information content (AvgIpc) is 2.90. The molecule has 0 amide bonds. The molecular weight excluding hydrogens is 400 g/mol. The summed E-state index contributed by atoms with van der Waals surface area (Å²) in [6, 6.07) is 0. The lowest BCUT2D eigenvalue weighted by atomic mass is 9.97. The molecule has 0 spiro atoms. The van der Waals surface area contributed by atoms with Gasteiger partial charge in [0.05, 0.1) is 11.0 Å². The number of aliphatic hydroxyl groups excluding tert-OH is 2. The maximum Gasteiger partial charge on any atom is 0.351 e. The highest BCUT2D eigenvalue weighted by molar-refractivity contribution is 8.20. The van der Waals surface area contributed by atoms with Crippen molar-refractivity contribution in [3.05, 3.63) is 21.6 Å². The number of nitro groups is 1. The van der Waals surface area contributed by atoms with Gasteiger partial charge in [0.25, 0.3) is 5.88 Å². The summed E-state index contributed by atoms with van der Waals surface area (Å²) in [5, 5.41) is 26.5. The fourth-order valence-electron chi connectivity index (χ4n) is 3.76. The van der Waals surface area contributed by atoms with E-state index in [-0.39, 0.29) is 35.3 Å². The van der Waals surface area contributed by atoms with Crippen molar-refractivity contribution < 1.29 is 19.9 Å². The Morgan fingerprint density at radius 1 is 1.50 bits per heavy atom. The van der Waals surface area contributed by atoms with E-state index < -0.39 is 17.1 Å². The van der Waals surface area contributed by atoms with Crippen LogP contribution < -0.4 is 4.74 Å². The van der Waals surface area contributed by atoms with Gasteiger partial charge in [0.2, 0.25) is 7.67 Å². The van der Waals surface area contributed by atoms with Crippen LogP contribution in [0.2, 0.25) is 0 Å². The molecule has 5 atom stereocenters. The molecule has 0 radical (unpaired) electrons. The quantitative estimate of drug-likeness (QED) is 0.136. The van der Waals surface area contributed by atoms with Gasteiger partial charge in [-0.05, 0) is 52.7 Å². The molecule has 158 valence electrons. The van der Waals surface area contributed by atoms with E-state index in [0.717, 1.165) is 25.7 Å². The summed E-state index contributed by atoms with van der Waals surface area (Å²) in [5.41, 5.74) is 0.00489. The second kappa shape index (κ2) is 12.6. The molecule has 2 N–H and O–H groups in total. The normalized spacial score (nSPS) is 24.6. The van der Waals surface area contributed by atoms with Crippen molar-refractivity contribution in [2.75, 3.05) is 6.61 Å². The molecule has 0 aliphatic heterocycles. The van der Waals surface area contributed by atoms with Crippen LogP contribution in [0.4, 0.5) is 5.69 Å². The van der Waals surface area contributed by atoms with Crippen molar-refractivity contribution in [2.24, 2.45) is 11.8 Å². The predicted octanol–water partition coefficient (Wildman–Crippen LogP) is 2.38. The van der Waals surface area contributed by atoms with Crippen LogP contribution >= 0.6 is 21.6 Å². The smallest absolute Gasteiger partial charge is 0.351 e. The summed E-state index contributed by atoms with van der Waals surface area (Å²) < 4.78 is 19.1. The number of rotatable bonds is 9. The highest BCUT2D eigenvalue weighted by Crippen LogP contribution is 2.40. The Morgan fingerprint density at radius 3 is 2.75 bits per heavy atom. The maximum atomic E-state index is 11.4. The fraction of sp³-hybridized carbons (Fsp3) is 0.765. The first-order chi connectivity index (χ1) is 14.1. The van der Waals surface area contributed by atoms with E-state index in [9.17, 15) is 15.2 Å². The lowest BCUT2D eigenvalue weighted by Crippen LogP contribution is -2.34. The van der Waals surface area contributed by atoms with E-state index in [4.69, 9.17) is 7.50 Å². The van der Waals surface area contributed by atoms with Gasteiger partial charge in [-0.2, -0.15) is 14.1 Å². The molecule has 8 nitrogen and oxygen atoms in total. The fourth-order valence-corrected chi connectivity index (χ4v) is 3.76. The van der Waals surface area contributed by atoms with Crippen LogP contribution in [0, 0.1) is 35.8 Å². The van der Waals surface area contributed by atoms with Gasteiger partial charge in [-0.1, -0.05) is 13.3 Å². The maximum absolute atomic E-state index is 11.4. The lowest BCUT2D eigenvalue weighted by Gasteiger charge is -2.23. The molecule has 11 heteroatoms. The Morgan fingerprint density at radius 2 is 2.18 bits per heavy atom. The Bertz CT molecular complexity index is 692. The van der Waals surface area contributed by atoms with E-state index in [1.165, 1.54) is 0 Å². The van der Waals surface area contributed by atoms with E-state index in [1.54, 1.807) is 13.8 Å². The number of aliphatic hydroxyl groups is 2. The third-order valence-corrected chi connectivity index (χ3v) is 4.84. The van der Waals surface area contributed by atoms with Crippen LogP contribution in [0.25, 0.3) is 0 Å². The summed E-state index contributed by atoms with van der Waals surface area (Å²) in [7, 11) is 2.19. The van der Waals surface area contributed by atoms with Gasteiger partial charge in [-0.25, -0.2) is 17.5 Å². The Labute approximate surface area is 177 Å². The first-order valence-electron chi connectivity index (χ1n) is 10.4. The lowest BCUT2D eigenvalue weighted by molar-refractivity contribution is -0.387. The zero-order valence-electron chi connectivity index (χ0n) is 18.6. The molecule has 0 saturated heterocycles. The number of aryl methyl sites for hydroxylation is 2. The molecule has 1 aliphatic carbocycles. The van der Waals surface area contributed by atoms with Gasteiger partial charge in [0.15, 0.2) is 0 Å². The number of ether oxygens (including phenoxy) is 1. The first kappa shape index (κ1) is 21.7. The van der Waals surface area contributed by atoms with Crippen LogP contribution in [0.5, 0.6) is 5.88 Å². The molecule has 0 aromatic carbocycles. The van der Waals surface area contributed by atoms with Crippen molar-refractivity contribution in [3.63, 3.8) is 0 Å². The molecule has 1 unspecified atom stereocenters. The molecular formula is C17H31BN3O5PS. The summed E-state index contributed by atoms with van der Waals surface area (Å²) in [6.45, 7) is 5.59. The molecule has 28 heavy (non-hydrogen) atoms. The standard InChI is InChI=1S/C17H27N3O5.BH4PS/c1-4-6-13-9-12(7-5-8-21)15(22)16(13)25-17-14(20(23)24)10(2)18-11(3)19-17;2-1-3/h12-13,15-16,21-22H,4-9H2,1-3H3;1,3H,2H2/t12-,13-,15+,16-;/m0./s1/i21T;1D. The largest absolute Gasteiger partial charge is 0.466 e. The molecule has 1 aromatic heterocycles. The van der Waals surface area contributed by atoms with Gasteiger partial charge in [0, 0.05) is 6.61 Å². The molecule has 2 rings (SSSR count). The van der Waals surface area contributed by atoms with Crippen molar-refractivity contribution in [2.45, 2.75) is 65.1 Å². The summed E-state index contributed by atoms with van der Waals surface area (Å²) in [6.07, 6.45) is 2.42. The van der Waals surface area contributed by atoms with E-state index in [2.05, 4.69) is 43.6 Å². The minimum absolute atomic E-state index is 0.0230. The number of nitrogens with zero attached hydrogens (tertiary/aromatic N) is 3. The van der Waals surface area contributed by atoms with Gasteiger partial charge in [-0.3, -0.25) is 10.1 Å². The summed E-state index contributed by atoms with van der Waals surface area (Å²) in [4.78, 5) is 19.0. The number of aromatic nitrogens is 2. The van der Waals surface area contributed by atoms with Crippen LogP contribution in [-0.4, -0.2) is 52.9 Å². The minimum Gasteiger partial charge on any atom is -0.466 e. The SMILES string of the molecule is [2H]B(P)S.[3H]OCCC[C@H]1C[C@H](CCC)[C@H](Oc2nc(C)nc(C)c2[N+](=O)[O-])[C@@H]1O. The van der Waals surface area contributed by atoms with Crippen LogP contribution in [0.1, 0.15) is 50.5 Å². The zero-order valence-corrected chi connectivity index (χ0v) is 18.6. The van der Waals surface area contributed by atoms with Crippen molar-refractivity contribution >= 4 is 33.5 Å².